The molecule has 3 rings (SSSR count). The van der Waals surface area contributed by atoms with Gasteiger partial charge in [0.1, 0.15) is 5.52 Å². The van der Waals surface area contributed by atoms with Crippen LogP contribution >= 0.6 is 11.6 Å². The molecule has 20 heavy (non-hydrogen) atoms. The summed E-state index contributed by atoms with van der Waals surface area (Å²) in [5, 5.41) is 13.5. The van der Waals surface area contributed by atoms with Crippen LogP contribution in [0.15, 0.2) is 12.5 Å². The van der Waals surface area contributed by atoms with Crippen LogP contribution in [-0.4, -0.2) is 43.3 Å². The molecule has 108 valence electrons. The van der Waals surface area contributed by atoms with Gasteiger partial charge >= 0.3 is 0 Å². The fraction of sp³-hybridized carbons (Fsp3) is 0.615. The zero-order chi connectivity index (χ0) is 13.9. The molecule has 3 heterocycles. The summed E-state index contributed by atoms with van der Waals surface area (Å²) >= 11 is 5.74. The molecule has 2 aromatic heterocycles. The summed E-state index contributed by atoms with van der Waals surface area (Å²) in [6, 6.07) is 0.212. The molecule has 0 radical (unpaired) electrons. The van der Waals surface area contributed by atoms with Crippen molar-refractivity contribution in [2.75, 3.05) is 6.54 Å². The molecule has 2 N–H and O–H groups in total. The fourth-order valence-corrected chi connectivity index (χ4v) is 2.85. The predicted octanol–water partition coefficient (Wildman–Crippen LogP) is 1.37. The number of hydrogen-bond donors (Lipinski definition) is 2. The molecule has 1 fully saturated rings. The van der Waals surface area contributed by atoms with Crippen LogP contribution in [0.5, 0.6) is 0 Å². The first-order valence-electron chi connectivity index (χ1n) is 6.99. The average molecular weight is 296 g/mol. The second kappa shape index (κ2) is 6.03. The average Bonchev–Trinajstić information content (AvgIpc) is 2.83. The first kappa shape index (κ1) is 13.7. The quantitative estimate of drug-likeness (QED) is 0.833. The van der Waals surface area contributed by atoms with E-state index in [0.29, 0.717) is 5.65 Å². The van der Waals surface area contributed by atoms with E-state index in [9.17, 15) is 5.11 Å². The number of aryl methyl sites for hydroxylation is 1. The Hall–Kier alpha value is -1.24. The highest BCUT2D eigenvalue weighted by atomic mass is 35.5. The lowest BCUT2D eigenvalue weighted by Crippen LogP contribution is -2.44. The lowest BCUT2D eigenvalue weighted by Gasteiger charge is -2.28. The smallest absolute Gasteiger partial charge is 0.224 e. The lowest BCUT2D eigenvalue weighted by atomic mass is 9.97. The molecule has 0 aliphatic carbocycles. The third kappa shape index (κ3) is 2.92. The number of rotatable bonds is 4. The number of hydrogen-bond acceptors (Lipinski definition) is 5. The summed E-state index contributed by atoms with van der Waals surface area (Å²) in [6.45, 7) is 1.84. The fourth-order valence-electron chi connectivity index (χ4n) is 2.72. The maximum atomic E-state index is 9.91. The van der Waals surface area contributed by atoms with E-state index in [1.807, 2.05) is 4.57 Å². The normalized spacial score (nSPS) is 23.3. The lowest BCUT2D eigenvalue weighted by molar-refractivity contribution is 0.0909. The van der Waals surface area contributed by atoms with Crippen molar-refractivity contribution in [3.05, 3.63) is 17.8 Å². The Kier molecular flexibility index (Phi) is 4.14. The third-order valence-corrected chi connectivity index (χ3v) is 3.99. The highest BCUT2D eigenvalue weighted by Gasteiger charge is 2.21. The van der Waals surface area contributed by atoms with E-state index < -0.39 is 0 Å². The van der Waals surface area contributed by atoms with Crippen molar-refractivity contribution < 1.29 is 5.11 Å². The Morgan fingerprint density at radius 2 is 2.35 bits per heavy atom. The van der Waals surface area contributed by atoms with Gasteiger partial charge in [-0.1, -0.05) is 0 Å². The topological polar surface area (TPSA) is 75.9 Å². The third-order valence-electron chi connectivity index (χ3n) is 3.81. The zero-order valence-corrected chi connectivity index (χ0v) is 11.9. The van der Waals surface area contributed by atoms with Crippen molar-refractivity contribution in [3.8, 4) is 0 Å². The van der Waals surface area contributed by atoms with Gasteiger partial charge in [0, 0.05) is 12.6 Å². The first-order valence-corrected chi connectivity index (χ1v) is 7.36. The van der Waals surface area contributed by atoms with E-state index in [4.69, 9.17) is 11.6 Å². The molecule has 1 saturated heterocycles. The molecule has 1 aliphatic rings. The van der Waals surface area contributed by atoms with E-state index in [-0.39, 0.29) is 17.4 Å². The van der Waals surface area contributed by atoms with Crippen molar-refractivity contribution in [1.29, 1.82) is 0 Å². The number of fused-ring (bicyclic) bond motifs is 1. The van der Waals surface area contributed by atoms with E-state index in [1.54, 1.807) is 12.5 Å². The number of imidazole rings is 1. The van der Waals surface area contributed by atoms with Gasteiger partial charge in [0.15, 0.2) is 5.65 Å². The standard InChI is InChI=1S/C13H18ClN5O/c14-13-16-7-10-12(18-13)17-8-19(10)6-2-3-9-11(20)4-1-5-15-9/h7-9,11,15,20H,1-6H2/t9-,11+/m1/s1. The summed E-state index contributed by atoms with van der Waals surface area (Å²) in [4.78, 5) is 12.3. The molecular weight excluding hydrogens is 278 g/mol. The highest BCUT2D eigenvalue weighted by Crippen LogP contribution is 2.16. The number of halogens is 1. The Morgan fingerprint density at radius 3 is 3.20 bits per heavy atom. The highest BCUT2D eigenvalue weighted by molar-refractivity contribution is 6.28. The van der Waals surface area contributed by atoms with Gasteiger partial charge in [-0.25, -0.2) is 9.97 Å². The predicted molar refractivity (Wildman–Crippen MR) is 76.6 cm³/mol. The SMILES string of the molecule is O[C@H]1CCCN[C@@H]1CCCn1cnc2nc(Cl)ncc21. The number of nitrogens with zero attached hydrogens (tertiary/aromatic N) is 4. The molecule has 2 aromatic rings. The minimum absolute atomic E-state index is 0.212. The number of nitrogens with one attached hydrogen (secondary N) is 1. The van der Waals surface area contributed by atoms with Crippen LogP contribution in [-0.2, 0) is 6.54 Å². The molecule has 0 bridgehead atoms. The number of aliphatic hydroxyl groups is 1. The van der Waals surface area contributed by atoms with Crippen molar-refractivity contribution in [3.63, 3.8) is 0 Å². The number of aliphatic hydroxyl groups excluding tert-OH is 1. The van der Waals surface area contributed by atoms with Gasteiger partial charge in [0.2, 0.25) is 5.28 Å². The molecule has 0 unspecified atom stereocenters. The maximum absolute atomic E-state index is 9.91. The van der Waals surface area contributed by atoms with Crippen LogP contribution in [0.4, 0.5) is 0 Å². The van der Waals surface area contributed by atoms with Gasteiger partial charge < -0.3 is 15.0 Å². The minimum Gasteiger partial charge on any atom is -0.392 e. The van der Waals surface area contributed by atoms with Crippen molar-refractivity contribution in [1.82, 2.24) is 24.8 Å². The second-order valence-electron chi connectivity index (χ2n) is 5.20. The van der Waals surface area contributed by atoms with Gasteiger partial charge in [0.25, 0.3) is 0 Å². The van der Waals surface area contributed by atoms with E-state index >= 15 is 0 Å². The summed E-state index contributed by atoms with van der Waals surface area (Å²) in [5.74, 6) is 0. The van der Waals surface area contributed by atoms with E-state index in [2.05, 4.69) is 20.3 Å². The first-order chi connectivity index (χ1) is 9.74. The largest absolute Gasteiger partial charge is 0.392 e. The number of aromatic nitrogens is 4. The van der Waals surface area contributed by atoms with Gasteiger partial charge in [-0.05, 0) is 43.8 Å². The summed E-state index contributed by atoms with van der Waals surface area (Å²) in [5.41, 5.74) is 1.52. The molecular formula is C13H18ClN5O. The molecule has 2 atom stereocenters. The van der Waals surface area contributed by atoms with Crippen LogP contribution in [0.25, 0.3) is 11.2 Å². The molecule has 0 amide bonds. The molecule has 6 nitrogen and oxygen atoms in total. The Balaban J connectivity index is 1.59. The van der Waals surface area contributed by atoms with Crippen LogP contribution < -0.4 is 5.32 Å². The van der Waals surface area contributed by atoms with Crippen LogP contribution in [0.3, 0.4) is 0 Å². The van der Waals surface area contributed by atoms with Crippen LogP contribution in [0.1, 0.15) is 25.7 Å². The van der Waals surface area contributed by atoms with Gasteiger partial charge in [-0.3, -0.25) is 0 Å². The Labute approximate surface area is 122 Å². The summed E-state index contributed by atoms with van der Waals surface area (Å²) in [7, 11) is 0. The van der Waals surface area contributed by atoms with Crippen LogP contribution in [0.2, 0.25) is 5.28 Å². The zero-order valence-electron chi connectivity index (χ0n) is 11.2. The monoisotopic (exact) mass is 295 g/mol. The Bertz CT molecular complexity index is 587. The van der Waals surface area contributed by atoms with E-state index in [1.165, 1.54) is 0 Å². The summed E-state index contributed by atoms with van der Waals surface area (Å²) in [6.07, 6.45) is 7.13. The Morgan fingerprint density at radius 1 is 1.45 bits per heavy atom. The van der Waals surface area contributed by atoms with Gasteiger partial charge in [0.05, 0.1) is 18.6 Å². The maximum Gasteiger partial charge on any atom is 0.224 e. The van der Waals surface area contributed by atoms with Crippen molar-refractivity contribution in [2.45, 2.75) is 44.4 Å². The van der Waals surface area contributed by atoms with Crippen molar-refractivity contribution >= 4 is 22.8 Å². The molecule has 0 aromatic carbocycles. The van der Waals surface area contributed by atoms with E-state index in [0.717, 1.165) is 44.3 Å². The van der Waals surface area contributed by atoms with Crippen molar-refractivity contribution in [2.24, 2.45) is 0 Å². The van der Waals surface area contributed by atoms with Crippen LogP contribution in [0, 0.1) is 0 Å². The second-order valence-corrected chi connectivity index (χ2v) is 5.54. The minimum atomic E-state index is -0.217. The molecule has 1 aliphatic heterocycles. The molecule has 0 saturated carbocycles. The summed E-state index contributed by atoms with van der Waals surface area (Å²) < 4.78 is 2.03. The van der Waals surface area contributed by atoms with Gasteiger partial charge in [-0.2, -0.15) is 4.98 Å². The number of piperidine rings is 1. The molecule has 7 heteroatoms. The molecule has 0 spiro atoms. The van der Waals surface area contributed by atoms with Gasteiger partial charge in [-0.15, -0.1) is 0 Å².